The second kappa shape index (κ2) is 11.2. The first-order chi connectivity index (χ1) is 16.1. The summed E-state index contributed by atoms with van der Waals surface area (Å²) in [6.07, 6.45) is 9.02. The quantitative estimate of drug-likeness (QED) is 0.504. The first-order valence-corrected chi connectivity index (χ1v) is 11.9. The van der Waals surface area contributed by atoms with Crippen LogP contribution < -0.4 is 15.5 Å². The second-order valence-corrected chi connectivity index (χ2v) is 8.78. The number of nitrogens with one attached hydrogen (secondary N) is 2. The standard InChI is InChI=1S/C23H34N8O2/c1-18-14-21(28-20(27-18)5-11-29-12-7-25-17-29)31-13-8-24-16-19(31)15-22(32)26-6-3-10-30-9-2-4-23(30)33/h7,12,14,17,19,24H,2-6,8-11,13,15-16H2,1H3,(H,26,32). The van der Waals surface area contributed by atoms with E-state index in [0.717, 1.165) is 75.9 Å². The van der Waals surface area contributed by atoms with Crippen molar-refractivity contribution in [2.24, 2.45) is 0 Å². The van der Waals surface area contributed by atoms with Gasteiger partial charge in [-0.25, -0.2) is 15.0 Å². The van der Waals surface area contributed by atoms with Crippen molar-refractivity contribution in [2.75, 3.05) is 44.2 Å². The van der Waals surface area contributed by atoms with Crippen LogP contribution in [-0.4, -0.2) is 81.5 Å². The Kier molecular flexibility index (Phi) is 7.87. The van der Waals surface area contributed by atoms with E-state index in [9.17, 15) is 9.59 Å². The van der Waals surface area contributed by atoms with Crippen molar-refractivity contribution in [2.45, 2.75) is 51.6 Å². The minimum atomic E-state index is 0.0348. The van der Waals surface area contributed by atoms with Crippen LogP contribution in [0.5, 0.6) is 0 Å². The molecule has 2 fully saturated rings. The third-order valence-corrected chi connectivity index (χ3v) is 6.20. The van der Waals surface area contributed by atoms with Gasteiger partial charge in [-0.15, -0.1) is 0 Å². The minimum absolute atomic E-state index is 0.0348. The van der Waals surface area contributed by atoms with Crippen molar-refractivity contribution in [3.63, 3.8) is 0 Å². The van der Waals surface area contributed by atoms with Crippen molar-refractivity contribution in [1.29, 1.82) is 0 Å². The smallest absolute Gasteiger partial charge is 0.222 e. The number of hydrogen-bond donors (Lipinski definition) is 2. The predicted octanol–water partition coefficient (Wildman–Crippen LogP) is 0.521. The Labute approximate surface area is 194 Å². The highest BCUT2D eigenvalue weighted by Crippen LogP contribution is 2.19. The van der Waals surface area contributed by atoms with Crippen molar-refractivity contribution >= 4 is 17.6 Å². The number of likely N-dealkylation sites (tertiary alicyclic amines) is 1. The molecule has 2 amide bonds. The molecular formula is C23H34N8O2. The summed E-state index contributed by atoms with van der Waals surface area (Å²) in [5.74, 6) is 1.95. The maximum absolute atomic E-state index is 12.6. The van der Waals surface area contributed by atoms with Crippen LogP contribution >= 0.6 is 0 Å². The number of amides is 2. The monoisotopic (exact) mass is 454 g/mol. The molecule has 10 nitrogen and oxygen atoms in total. The topological polar surface area (TPSA) is 108 Å². The van der Waals surface area contributed by atoms with Gasteiger partial charge in [0.2, 0.25) is 11.8 Å². The van der Waals surface area contributed by atoms with E-state index in [4.69, 9.17) is 4.98 Å². The van der Waals surface area contributed by atoms with E-state index >= 15 is 0 Å². The molecule has 2 aromatic rings. The van der Waals surface area contributed by atoms with Crippen LogP contribution in [0.15, 0.2) is 24.8 Å². The van der Waals surface area contributed by atoms with E-state index in [2.05, 4.69) is 25.5 Å². The molecule has 1 atom stereocenters. The van der Waals surface area contributed by atoms with E-state index in [1.165, 1.54) is 0 Å². The van der Waals surface area contributed by atoms with Gasteiger partial charge in [0.1, 0.15) is 11.6 Å². The third kappa shape index (κ3) is 6.50. The van der Waals surface area contributed by atoms with Crippen molar-refractivity contribution in [1.82, 2.24) is 35.1 Å². The van der Waals surface area contributed by atoms with Crippen LogP contribution in [0.2, 0.25) is 0 Å². The zero-order valence-electron chi connectivity index (χ0n) is 19.4. The number of rotatable bonds is 10. The Morgan fingerprint density at radius 2 is 2.18 bits per heavy atom. The molecule has 0 saturated carbocycles. The van der Waals surface area contributed by atoms with Gasteiger partial charge in [-0.2, -0.15) is 0 Å². The molecule has 2 N–H and O–H groups in total. The van der Waals surface area contributed by atoms with E-state index < -0.39 is 0 Å². The highest BCUT2D eigenvalue weighted by atomic mass is 16.2. The highest BCUT2D eigenvalue weighted by Gasteiger charge is 2.26. The molecule has 10 heteroatoms. The van der Waals surface area contributed by atoms with Gasteiger partial charge in [-0.05, 0) is 19.8 Å². The van der Waals surface area contributed by atoms with Gasteiger partial charge in [0.15, 0.2) is 0 Å². The summed E-state index contributed by atoms with van der Waals surface area (Å²) in [4.78, 5) is 42.0. The fourth-order valence-corrected chi connectivity index (χ4v) is 4.49. The van der Waals surface area contributed by atoms with Crippen LogP contribution in [0.1, 0.15) is 37.2 Å². The fourth-order valence-electron chi connectivity index (χ4n) is 4.49. The Morgan fingerprint density at radius 1 is 1.27 bits per heavy atom. The van der Waals surface area contributed by atoms with Gasteiger partial charge < -0.3 is 25.0 Å². The second-order valence-electron chi connectivity index (χ2n) is 8.78. The average Bonchev–Trinajstić information content (AvgIpc) is 3.47. The molecule has 0 spiro atoms. The number of imidazole rings is 1. The molecule has 2 aromatic heterocycles. The summed E-state index contributed by atoms with van der Waals surface area (Å²) in [7, 11) is 0. The summed E-state index contributed by atoms with van der Waals surface area (Å²) in [6, 6.07) is 2.04. The summed E-state index contributed by atoms with van der Waals surface area (Å²) >= 11 is 0. The number of nitrogens with zero attached hydrogens (tertiary/aromatic N) is 6. The normalized spacial score (nSPS) is 18.7. The molecule has 2 aliphatic rings. The van der Waals surface area contributed by atoms with E-state index in [1.807, 2.05) is 28.7 Å². The molecule has 2 saturated heterocycles. The van der Waals surface area contributed by atoms with Gasteiger partial charge >= 0.3 is 0 Å². The van der Waals surface area contributed by atoms with E-state index in [-0.39, 0.29) is 17.9 Å². The van der Waals surface area contributed by atoms with Crippen LogP contribution in [0.3, 0.4) is 0 Å². The van der Waals surface area contributed by atoms with Crippen molar-refractivity contribution < 1.29 is 9.59 Å². The maximum atomic E-state index is 12.6. The molecule has 2 aliphatic heterocycles. The predicted molar refractivity (Wildman–Crippen MR) is 125 cm³/mol. The number of anilines is 1. The molecule has 4 rings (SSSR count). The number of hydrogen-bond acceptors (Lipinski definition) is 7. The van der Waals surface area contributed by atoms with Gasteiger partial charge in [-0.1, -0.05) is 0 Å². The molecule has 0 bridgehead atoms. The zero-order chi connectivity index (χ0) is 23.0. The Hall–Kier alpha value is -3.01. The summed E-state index contributed by atoms with van der Waals surface area (Å²) < 4.78 is 2.02. The lowest BCUT2D eigenvalue weighted by Gasteiger charge is -2.37. The summed E-state index contributed by atoms with van der Waals surface area (Å²) in [5, 5.41) is 6.43. The number of carbonyl (C=O) groups is 2. The van der Waals surface area contributed by atoms with Gasteiger partial charge in [-0.3, -0.25) is 9.59 Å². The number of aromatic nitrogens is 4. The van der Waals surface area contributed by atoms with Gasteiger partial charge in [0.25, 0.3) is 0 Å². The van der Waals surface area contributed by atoms with Crippen LogP contribution in [0, 0.1) is 6.92 Å². The molecule has 0 aromatic carbocycles. The maximum Gasteiger partial charge on any atom is 0.222 e. The van der Waals surface area contributed by atoms with Gasteiger partial charge in [0.05, 0.1) is 12.4 Å². The van der Waals surface area contributed by atoms with E-state index in [0.29, 0.717) is 19.4 Å². The number of carbonyl (C=O) groups excluding carboxylic acids is 2. The Bertz CT molecular complexity index is 933. The van der Waals surface area contributed by atoms with Crippen molar-refractivity contribution in [3.8, 4) is 0 Å². The Morgan fingerprint density at radius 3 is 2.97 bits per heavy atom. The third-order valence-electron chi connectivity index (χ3n) is 6.20. The molecule has 33 heavy (non-hydrogen) atoms. The largest absolute Gasteiger partial charge is 0.356 e. The molecule has 1 unspecified atom stereocenters. The summed E-state index contributed by atoms with van der Waals surface area (Å²) in [5.41, 5.74) is 0.929. The van der Waals surface area contributed by atoms with Crippen LogP contribution in [-0.2, 0) is 22.6 Å². The zero-order valence-corrected chi connectivity index (χ0v) is 19.4. The molecule has 178 valence electrons. The molecule has 0 radical (unpaired) electrons. The average molecular weight is 455 g/mol. The molecular weight excluding hydrogens is 420 g/mol. The van der Waals surface area contributed by atoms with Crippen LogP contribution in [0.4, 0.5) is 5.82 Å². The fraction of sp³-hybridized carbons (Fsp3) is 0.609. The SMILES string of the molecule is Cc1cc(N2CCNCC2CC(=O)NCCCN2CCCC2=O)nc(CCn2ccnc2)n1. The lowest BCUT2D eigenvalue weighted by molar-refractivity contribution is -0.127. The van der Waals surface area contributed by atoms with Crippen LogP contribution in [0.25, 0.3) is 0 Å². The number of aryl methyl sites for hydroxylation is 3. The van der Waals surface area contributed by atoms with Gasteiger partial charge in [0, 0.05) is 89.2 Å². The lowest BCUT2D eigenvalue weighted by Crippen LogP contribution is -2.53. The van der Waals surface area contributed by atoms with Crippen molar-refractivity contribution in [3.05, 3.63) is 36.3 Å². The van der Waals surface area contributed by atoms with E-state index in [1.54, 1.807) is 12.5 Å². The molecule has 0 aliphatic carbocycles. The first kappa shape index (κ1) is 23.2. The highest BCUT2D eigenvalue weighted by molar-refractivity contribution is 5.78. The Balaban J connectivity index is 1.30. The first-order valence-electron chi connectivity index (χ1n) is 11.9. The minimum Gasteiger partial charge on any atom is -0.356 e. The summed E-state index contributed by atoms with van der Waals surface area (Å²) in [6.45, 7) is 7.31. The molecule has 4 heterocycles. The number of piperazine rings is 1. The lowest BCUT2D eigenvalue weighted by atomic mass is 10.1.